The first-order valence-corrected chi connectivity index (χ1v) is 13.4. The summed E-state index contributed by atoms with van der Waals surface area (Å²) in [7, 11) is -4.05. The second-order valence-electron chi connectivity index (χ2n) is 9.41. The molecule has 0 atom stereocenters. The molecular weight excluding hydrogens is 463 g/mol. The summed E-state index contributed by atoms with van der Waals surface area (Å²) >= 11 is 0. The third-order valence-corrected chi connectivity index (χ3v) is 8.50. The van der Waals surface area contributed by atoms with E-state index < -0.39 is 26.6 Å². The van der Waals surface area contributed by atoms with Crippen LogP contribution in [0.25, 0.3) is 0 Å². The number of carbonyl (C=O) groups excluding carboxylic acids is 1. The Labute approximate surface area is 207 Å². The summed E-state index contributed by atoms with van der Waals surface area (Å²) in [6, 6.07) is 21.1. The van der Waals surface area contributed by atoms with Gasteiger partial charge in [-0.05, 0) is 72.6 Å². The van der Waals surface area contributed by atoms with Gasteiger partial charge in [-0.2, -0.15) is 4.31 Å². The van der Waals surface area contributed by atoms with Crippen molar-refractivity contribution in [3.63, 3.8) is 0 Å². The molecule has 3 aromatic carbocycles. The van der Waals surface area contributed by atoms with E-state index in [0.717, 1.165) is 24.1 Å². The van der Waals surface area contributed by atoms with E-state index in [-0.39, 0.29) is 5.56 Å². The van der Waals surface area contributed by atoms with E-state index in [1.807, 2.05) is 30.3 Å². The van der Waals surface area contributed by atoms with E-state index in [9.17, 15) is 17.6 Å². The minimum atomic E-state index is -4.05. The molecule has 1 heterocycles. The lowest BCUT2D eigenvalue weighted by Gasteiger charge is -2.31. The predicted molar refractivity (Wildman–Crippen MR) is 137 cm³/mol. The van der Waals surface area contributed by atoms with Crippen LogP contribution in [0.4, 0.5) is 10.1 Å². The molecule has 0 aromatic heterocycles. The van der Waals surface area contributed by atoms with E-state index >= 15 is 0 Å². The minimum absolute atomic E-state index is 0.0943. The summed E-state index contributed by atoms with van der Waals surface area (Å²) in [5, 5.41) is 2.76. The molecular formula is C28H31FN2O3S. The maximum Gasteiger partial charge on any atom is 0.255 e. The average Bonchev–Trinajstić information content (AvgIpc) is 2.85. The Morgan fingerprint density at radius 2 is 1.66 bits per heavy atom. The van der Waals surface area contributed by atoms with Gasteiger partial charge in [-0.3, -0.25) is 4.79 Å². The third-order valence-electron chi connectivity index (χ3n) is 6.59. The van der Waals surface area contributed by atoms with E-state index in [1.54, 1.807) is 12.1 Å². The number of benzene rings is 3. The van der Waals surface area contributed by atoms with E-state index in [2.05, 4.69) is 31.3 Å². The summed E-state index contributed by atoms with van der Waals surface area (Å²) in [6.07, 6.45) is 2.32. The normalized spacial score (nSPS) is 15.3. The minimum Gasteiger partial charge on any atom is -0.322 e. The highest BCUT2D eigenvalue weighted by atomic mass is 32.2. The molecule has 0 spiro atoms. The highest BCUT2D eigenvalue weighted by Crippen LogP contribution is 2.28. The number of hydrogen-bond donors (Lipinski definition) is 1. The van der Waals surface area contributed by atoms with Gasteiger partial charge in [0.05, 0.1) is 0 Å². The first-order chi connectivity index (χ1) is 16.7. The van der Waals surface area contributed by atoms with Gasteiger partial charge < -0.3 is 5.32 Å². The van der Waals surface area contributed by atoms with Gasteiger partial charge in [0.25, 0.3) is 5.91 Å². The molecule has 1 aliphatic rings. The zero-order valence-electron chi connectivity index (χ0n) is 20.1. The van der Waals surface area contributed by atoms with Crippen molar-refractivity contribution in [3.05, 3.63) is 95.3 Å². The first-order valence-electron chi connectivity index (χ1n) is 12.0. The largest absolute Gasteiger partial charge is 0.322 e. The van der Waals surface area contributed by atoms with Gasteiger partial charge in [0, 0.05) is 24.3 Å². The lowest BCUT2D eigenvalue weighted by Crippen LogP contribution is -2.39. The van der Waals surface area contributed by atoms with Crippen LogP contribution in [0.15, 0.2) is 77.7 Å². The quantitative estimate of drug-likeness (QED) is 0.448. The second-order valence-corrected chi connectivity index (χ2v) is 11.3. The van der Waals surface area contributed by atoms with Crippen LogP contribution in [-0.4, -0.2) is 31.7 Å². The molecule has 0 bridgehead atoms. The maximum absolute atomic E-state index is 14.7. The number of piperidine rings is 1. The Kier molecular flexibility index (Phi) is 7.67. The van der Waals surface area contributed by atoms with Crippen LogP contribution >= 0.6 is 0 Å². The van der Waals surface area contributed by atoms with E-state index in [4.69, 9.17) is 0 Å². The highest BCUT2D eigenvalue weighted by molar-refractivity contribution is 7.89. The molecule has 0 unspecified atom stereocenters. The van der Waals surface area contributed by atoms with Crippen LogP contribution in [0, 0.1) is 11.7 Å². The second kappa shape index (κ2) is 10.7. The van der Waals surface area contributed by atoms with Crippen molar-refractivity contribution in [1.82, 2.24) is 4.31 Å². The van der Waals surface area contributed by atoms with Crippen molar-refractivity contribution in [2.45, 2.75) is 43.9 Å². The number of nitrogens with zero attached hydrogens (tertiary/aromatic N) is 1. The number of rotatable bonds is 7. The zero-order valence-corrected chi connectivity index (χ0v) is 20.9. The van der Waals surface area contributed by atoms with Gasteiger partial charge in [-0.15, -0.1) is 0 Å². The fourth-order valence-electron chi connectivity index (χ4n) is 4.44. The molecule has 0 radical (unpaired) electrons. The van der Waals surface area contributed by atoms with Gasteiger partial charge in [-0.1, -0.05) is 56.3 Å². The van der Waals surface area contributed by atoms with Gasteiger partial charge in [0.2, 0.25) is 10.0 Å². The Hall–Kier alpha value is -3.03. The van der Waals surface area contributed by atoms with Gasteiger partial charge in [-0.25, -0.2) is 12.8 Å². The van der Waals surface area contributed by atoms with Gasteiger partial charge >= 0.3 is 0 Å². The molecule has 35 heavy (non-hydrogen) atoms. The zero-order chi connectivity index (χ0) is 25.0. The van der Waals surface area contributed by atoms with Crippen molar-refractivity contribution < 1.29 is 17.6 Å². The topological polar surface area (TPSA) is 66.5 Å². The molecule has 1 aliphatic heterocycles. The predicted octanol–water partition coefficient (Wildman–Crippen LogP) is 5.84. The number of carbonyl (C=O) groups is 1. The number of sulfonamides is 1. The van der Waals surface area contributed by atoms with E-state index in [0.29, 0.717) is 43.5 Å². The van der Waals surface area contributed by atoms with Gasteiger partial charge in [0.1, 0.15) is 10.7 Å². The molecule has 1 fully saturated rings. The molecule has 0 aliphatic carbocycles. The SMILES string of the molecule is CC(C)c1ccc(NC(=O)c2ccc(F)c(S(=O)(=O)N3CCC(Cc4ccccc4)CC3)c2)cc1. The monoisotopic (exact) mass is 494 g/mol. The Bertz CT molecular complexity index is 1270. The molecule has 0 saturated carbocycles. The number of amides is 1. The van der Waals surface area contributed by atoms with Crippen molar-refractivity contribution in [2.75, 3.05) is 18.4 Å². The van der Waals surface area contributed by atoms with Crippen molar-refractivity contribution in [1.29, 1.82) is 0 Å². The maximum atomic E-state index is 14.7. The molecule has 1 amide bonds. The summed E-state index contributed by atoms with van der Waals surface area (Å²) in [5.41, 5.74) is 3.06. The van der Waals surface area contributed by atoms with Crippen LogP contribution in [0.5, 0.6) is 0 Å². The Morgan fingerprint density at radius 3 is 2.29 bits per heavy atom. The lowest BCUT2D eigenvalue weighted by atomic mass is 9.91. The van der Waals surface area contributed by atoms with Gasteiger partial charge in [0.15, 0.2) is 0 Å². The van der Waals surface area contributed by atoms with Crippen LogP contribution in [-0.2, 0) is 16.4 Å². The first kappa shape index (κ1) is 25.1. The third kappa shape index (κ3) is 5.97. The Balaban J connectivity index is 1.45. The molecule has 184 valence electrons. The summed E-state index contributed by atoms with van der Waals surface area (Å²) in [6.45, 7) is 4.83. The lowest BCUT2D eigenvalue weighted by molar-refractivity contribution is 0.102. The molecule has 4 rings (SSSR count). The number of anilines is 1. The standard InChI is InChI=1S/C28H31FN2O3S/c1-20(2)23-8-11-25(12-9-23)30-28(32)24-10-13-26(29)27(19-24)35(33,34)31-16-14-22(15-17-31)18-21-6-4-3-5-7-21/h3-13,19-20,22H,14-18H2,1-2H3,(H,30,32). The molecule has 1 saturated heterocycles. The molecule has 3 aromatic rings. The average molecular weight is 495 g/mol. The molecule has 1 N–H and O–H groups in total. The number of halogens is 1. The van der Waals surface area contributed by atoms with Crippen LogP contribution in [0.3, 0.4) is 0 Å². The Morgan fingerprint density at radius 1 is 1.00 bits per heavy atom. The smallest absolute Gasteiger partial charge is 0.255 e. The van der Waals surface area contributed by atoms with Crippen LogP contribution in [0.2, 0.25) is 0 Å². The van der Waals surface area contributed by atoms with Crippen LogP contribution < -0.4 is 5.32 Å². The van der Waals surface area contributed by atoms with Crippen molar-refractivity contribution in [3.8, 4) is 0 Å². The summed E-state index contributed by atoms with van der Waals surface area (Å²) < 4.78 is 42.5. The van der Waals surface area contributed by atoms with Crippen molar-refractivity contribution >= 4 is 21.6 Å². The van der Waals surface area contributed by atoms with Crippen molar-refractivity contribution in [2.24, 2.45) is 5.92 Å². The van der Waals surface area contributed by atoms with Crippen LogP contribution in [0.1, 0.15) is 54.1 Å². The van der Waals surface area contributed by atoms with E-state index in [1.165, 1.54) is 15.9 Å². The summed E-state index contributed by atoms with van der Waals surface area (Å²) in [4.78, 5) is 12.3. The molecule has 5 nitrogen and oxygen atoms in total. The summed E-state index contributed by atoms with van der Waals surface area (Å²) in [5.74, 6) is -0.588. The number of nitrogens with one attached hydrogen (secondary N) is 1. The molecule has 7 heteroatoms. The fraction of sp³-hybridized carbons (Fsp3) is 0.321. The fourth-order valence-corrected chi connectivity index (χ4v) is 6.00. The highest BCUT2D eigenvalue weighted by Gasteiger charge is 2.32. The number of hydrogen-bond acceptors (Lipinski definition) is 3.